The quantitative estimate of drug-likeness (QED) is 0.577. The number of hydrogen-bond acceptors (Lipinski definition) is 6. The van der Waals surface area contributed by atoms with Gasteiger partial charge >= 0.3 is 0 Å². The lowest BCUT2D eigenvalue weighted by Crippen LogP contribution is -2.43. The van der Waals surface area contributed by atoms with Crippen LogP contribution in [0.5, 0.6) is 5.75 Å². The van der Waals surface area contributed by atoms with Crippen LogP contribution in [0.1, 0.15) is 29.8 Å². The van der Waals surface area contributed by atoms with E-state index in [1.54, 1.807) is 12.1 Å². The number of anilines is 1. The van der Waals surface area contributed by atoms with Crippen molar-refractivity contribution in [3.63, 3.8) is 0 Å². The fourth-order valence-corrected chi connectivity index (χ4v) is 4.06. The highest BCUT2D eigenvalue weighted by Crippen LogP contribution is 2.27. The van der Waals surface area contributed by atoms with E-state index in [0.29, 0.717) is 18.8 Å². The van der Waals surface area contributed by atoms with Crippen LogP contribution in [0.3, 0.4) is 0 Å². The third kappa shape index (κ3) is 4.23. The van der Waals surface area contributed by atoms with E-state index in [-0.39, 0.29) is 17.7 Å². The van der Waals surface area contributed by atoms with Crippen molar-refractivity contribution in [2.75, 3.05) is 25.0 Å². The maximum absolute atomic E-state index is 11.2. The van der Waals surface area contributed by atoms with E-state index in [1.165, 1.54) is 0 Å². The van der Waals surface area contributed by atoms with Crippen molar-refractivity contribution in [3.8, 4) is 5.75 Å². The van der Waals surface area contributed by atoms with Gasteiger partial charge in [-0.1, -0.05) is 12.1 Å². The molecule has 0 bridgehead atoms. The summed E-state index contributed by atoms with van der Waals surface area (Å²) >= 11 is 0. The van der Waals surface area contributed by atoms with E-state index >= 15 is 0 Å². The molecule has 3 heterocycles. The summed E-state index contributed by atoms with van der Waals surface area (Å²) in [5.41, 5.74) is 9.85. The standard InChI is InChI=1S/C22H28N6O2/c1-14-4-3-5-18-21(14)26-22(25-16-8-10-27(11-9-16)13-20(23)30)28(18)12-17-19(29)7-6-15(2)24-17/h3-7,16,29H,8-13H2,1-2H3,(H2,23,30)(H,25,26). The van der Waals surface area contributed by atoms with Crippen molar-refractivity contribution in [1.82, 2.24) is 19.4 Å². The number of hydrogen-bond donors (Lipinski definition) is 3. The molecule has 1 saturated heterocycles. The van der Waals surface area contributed by atoms with Crippen LogP contribution in [0.15, 0.2) is 30.3 Å². The number of rotatable bonds is 6. The normalized spacial score (nSPS) is 15.5. The second-order valence-electron chi connectivity index (χ2n) is 8.04. The highest BCUT2D eigenvalue weighted by Gasteiger charge is 2.23. The zero-order valence-electron chi connectivity index (χ0n) is 17.4. The zero-order chi connectivity index (χ0) is 21.3. The Kier molecular flexibility index (Phi) is 5.59. The molecule has 1 fully saturated rings. The molecule has 8 heteroatoms. The van der Waals surface area contributed by atoms with E-state index in [1.807, 2.05) is 32.0 Å². The van der Waals surface area contributed by atoms with E-state index in [9.17, 15) is 9.90 Å². The SMILES string of the molecule is Cc1ccc(O)c(Cn2c(NC3CCN(CC(N)=O)CC3)nc3c(C)cccc32)n1. The number of likely N-dealkylation sites (tertiary alicyclic amines) is 1. The average molecular weight is 409 g/mol. The number of aromatic hydroxyl groups is 1. The molecule has 4 N–H and O–H groups in total. The van der Waals surface area contributed by atoms with Crippen molar-refractivity contribution in [2.24, 2.45) is 5.73 Å². The molecule has 4 rings (SSSR count). The number of piperidine rings is 1. The second kappa shape index (κ2) is 8.31. The molecule has 0 saturated carbocycles. The van der Waals surface area contributed by atoms with Crippen molar-refractivity contribution in [2.45, 2.75) is 39.3 Å². The van der Waals surface area contributed by atoms with Crippen LogP contribution in [0.2, 0.25) is 0 Å². The van der Waals surface area contributed by atoms with Crippen molar-refractivity contribution < 1.29 is 9.90 Å². The van der Waals surface area contributed by atoms with E-state index in [4.69, 9.17) is 10.7 Å². The van der Waals surface area contributed by atoms with Crippen molar-refractivity contribution in [1.29, 1.82) is 0 Å². The van der Waals surface area contributed by atoms with Gasteiger partial charge in [0.1, 0.15) is 11.4 Å². The summed E-state index contributed by atoms with van der Waals surface area (Å²) in [5.74, 6) is 0.667. The highest BCUT2D eigenvalue weighted by molar-refractivity contribution is 5.82. The van der Waals surface area contributed by atoms with Gasteiger partial charge in [-0.25, -0.2) is 4.98 Å². The number of benzene rings is 1. The molecular weight excluding hydrogens is 380 g/mol. The number of aryl methyl sites for hydroxylation is 2. The molecule has 1 aliphatic rings. The Labute approximate surface area is 175 Å². The number of pyridine rings is 1. The number of carbonyl (C=O) groups is 1. The topological polar surface area (TPSA) is 109 Å². The summed E-state index contributed by atoms with van der Waals surface area (Å²) in [6.45, 7) is 6.34. The van der Waals surface area contributed by atoms with Crippen LogP contribution >= 0.6 is 0 Å². The van der Waals surface area contributed by atoms with Gasteiger partial charge in [0.05, 0.1) is 24.1 Å². The van der Waals surface area contributed by atoms with Crippen molar-refractivity contribution in [3.05, 3.63) is 47.3 Å². The lowest BCUT2D eigenvalue weighted by atomic mass is 10.1. The molecule has 30 heavy (non-hydrogen) atoms. The van der Waals surface area contributed by atoms with Crippen LogP contribution in [0, 0.1) is 13.8 Å². The molecule has 0 radical (unpaired) electrons. The van der Waals surface area contributed by atoms with Gasteiger partial charge in [0.15, 0.2) is 0 Å². The largest absolute Gasteiger partial charge is 0.506 e. The molecule has 1 amide bonds. The Balaban J connectivity index is 1.61. The molecule has 3 aromatic rings. The maximum Gasteiger partial charge on any atom is 0.231 e. The minimum absolute atomic E-state index is 0.181. The predicted octanol–water partition coefficient (Wildman–Crippen LogP) is 2.16. The van der Waals surface area contributed by atoms with Crippen LogP contribution < -0.4 is 11.1 Å². The van der Waals surface area contributed by atoms with Gasteiger partial charge in [-0.05, 0) is 50.5 Å². The lowest BCUT2D eigenvalue weighted by molar-refractivity contribution is -0.119. The highest BCUT2D eigenvalue weighted by atomic mass is 16.3. The van der Waals surface area contributed by atoms with Crippen LogP contribution in [-0.2, 0) is 11.3 Å². The Morgan fingerprint density at radius 3 is 2.70 bits per heavy atom. The first kappa shape index (κ1) is 20.2. The fraction of sp³-hybridized carbons (Fsp3) is 0.409. The number of imidazole rings is 1. The van der Waals surface area contributed by atoms with Gasteiger partial charge in [-0.3, -0.25) is 14.7 Å². The minimum atomic E-state index is -0.288. The molecule has 1 aliphatic heterocycles. The third-order valence-electron chi connectivity index (χ3n) is 5.68. The molecule has 158 valence electrons. The summed E-state index contributed by atoms with van der Waals surface area (Å²) in [6, 6.07) is 9.85. The molecule has 2 aromatic heterocycles. The summed E-state index contributed by atoms with van der Waals surface area (Å²) < 4.78 is 2.08. The number of aromatic nitrogens is 3. The van der Waals surface area contributed by atoms with Gasteiger partial charge in [-0.15, -0.1) is 0 Å². The number of para-hydroxylation sites is 1. The van der Waals surface area contributed by atoms with Crippen LogP contribution in [-0.4, -0.2) is 56.1 Å². The Bertz CT molecular complexity index is 1070. The van der Waals surface area contributed by atoms with E-state index < -0.39 is 0 Å². The summed E-state index contributed by atoms with van der Waals surface area (Å²) in [6.07, 6.45) is 1.81. The molecule has 0 unspecified atom stereocenters. The Morgan fingerprint density at radius 2 is 1.97 bits per heavy atom. The van der Waals surface area contributed by atoms with Crippen LogP contribution in [0.4, 0.5) is 5.95 Å². The zero-order valence-corrected chi connectivity index (χ0v) is 17.4. The smallest absolute Gasteiger partial charge is 0.231 e. The minimum Gasteiger partial charge on any atom is -0.506 e. The summed E-state index contributed by atoms with van der Waals surface area (Å²) in [5, 5.41) is 13.9. The van der Waals surface area contributed by atoms with Crippen molar-refractivity contribution >= 4 is 22.9 Å². The molecule has 0 aliphatic carbocycles. The number of carbonyl (C=O) groups excluding carboxylic acids is 1. The van der Waals surface area contributed by atoms with Crippen LogP contribution in [0.25, 0.3) is 11.0 Å². The number of nitrogens with one attached hydrogen (secondary N) is 1. The number of primary amides is 1. The molecular formula is C22H28N6O2. The van der Waals surface area contributed by atoms with E-state index in [2.05, 4.69) is 19.8 Å². The van der Waals surface area contributed by atoms with Gasteiger partial charge in [0, 0.05) is 24.8 Å². The fourth-order valence-electron chi connectivity index (χ4n) is 4.06. The van der Waals surface area contributed by atoms with Gasteiger partial charge < -0.3 is 20.7 Å². The Hall–Kier alpha value is -3.13. The monoisotopic (exact) mass is 408 g/mol. The summed E-state index contributed by atoms with van der Waals surface area (Å²) in [4.78, 5) is 22.7. The van der Waals surface area contributed by atoms with Gasteiger partial charge in [0.25, 0.3) is 0 Å². The third-order valence-corrected chi connectivity index (χ3v) is 5.68. The number of fused-ring (bicyclic) bond motifs is 1. The first-order valence-electron chi connectivity index (χ1n) is 10.3. The van der Waals surface area contributed by atoms with E-state index in [0.717, 1.165) is 54.2 Å². The average Bonchev–Trinajstić information content (AvgIpc) is 3.04. The Morgan fingerprint density at radius 1 is 1.20 bits per heavy atom. The second-order valence-corrected chi connectivity index (χ2v) is 8.04. The predicted molar refractivity (Wildman–Crippen MR) is 116 cm³/mol. The molecule has 0 spiro atoms. The number of nitrogens with two attached hydrogens (primary N) is 1. The number of amides is 1. The first-order valence-corrected chi connectivity index (χ1v) is 10.3. The van der Waals surface area contributed by atoms with Gasteiger partial charge in [-0.2, -0.15) is 0 Å². The molecule has 0 atom stereocenters. The number of nitrogens with zero attached hydrogens (tertiary/aromatic N) is 4. The molecule has 1 aromatic carbocycles. The summed E-state index contributed by atoms with van der Waals surface area (Å²) in [7, 11) is 0. The first-order chi connectivity index (χ1) is 14.4. The molecule has 8 nitrogen and oxygen atoms in total. The lowest BCUT2D eigenvalue weighted by Gasteiger charge is -2.31. The maximum atomic E-state index is 11.2. The van der Waals surface area contributed by atoms with Gasteiger partial charge in [0.2, 0.25) is 11.9 Å².